The van der Waals surface area contributed by atoms with Gasteiger partial charge < -0.3 is 5.32 Å². The zero-order valence-electron chi connectivity index (χ0n) is 11.6. The van der Waals surface area contributed by atoms with Crippen LogP contribution < -0.4 is 5.32 Å². The maximum Gasteiger partial charge on any atom is 0.0897 e. The van der Waals surface area contributed by atoms with E-state index in [4.69, 9.17) is 0 Å². The molecule has 19 heavy (non-hydrogen) atoms. The molecule has 0 aliphatic heterocycles. The van der Waals surface area contributed by atoms with E-state index in [1.165, 1.54) is 24.8 Å². The second kappa shape index (κ2) is 5.43. The number of rotatable bonds is 4. The lowest BCUT2D eigenvalue weighted by Crippen LogP contribution is -2.18. The molecule has 100 valence electrons. The molecule has 0 radical (unpaired) electrons. The Morgan fingerprint density at radius 1 is 1.32 bits per heavy atom. The van der Waals surface area contributed by atoms with Crippen molar-refractivity contribution in [1.82, 2.24) is 10.3 Å². The first-order valence-corrected chi connectivity index (χ1v) is 7.86. The maximum atomic E-state index is 4.49. The Kier molecular flexibility index (Phi) is 3.67. The van der Waals surface area contributed by atoms with Gasteiger partial charge in [0, 0.05) is 18.0 Å². The zero-order chi connectivity index (χ0) is 13.2. The van der Waals surface area contributed by atoms with E-state index in [2.05, 4.69) is 47.7 Å². The molecule has 1 heterocycles. The SMILES string of the molecule is Cc1nc(CNC(C)c2ccc3c(c2)CCC3)cs1. The van der Waals surface area contributed by atoms with Gasteiger partial charge in [-0.05, 0) is 49.8 Å². The summed E-state index contributed by atoms with van der Waals surface area (Å²) in [6.07, 6.45) is 3.83. The van der Waals surface area contributed by atoms with E-state index in [1.54, 1.807) is 22.5 Å². The molecule has 0 spiro atoms. The van der Waals surface area contributed by atoms with Crippen molar-refractivity contribution in [3.05, 3.63) is 51.0 Å². The number of nitrogens with zero attached hydrogens (tertiary/aromatic N) is 1. The van der Waals surface area contributed by atoms with Crippen molar-refractivity contribution in [2.45, 2.75) is 45.7 Å². The summed E-state index contributed by atoms with van der Waals surface area (Å²) >= 11 is 1.72. The van der Waals surface area contributed by atoms with E-state index in [-0.39, 0.29) is 0 Å². The van der Waals surface area contributed by atoms with Gasteiger partial charge in [0.05, 0.1) is 10.7 Å². The molecule has 1 N–H and O–H groups in total. The molecule has 2 aromatic rings. The second-order valence-electron chi connectivity index (χ2n) is 5.34. The van der Waals surface area contributed by atoms with Gasteiger partial charge in [0.15, 0.2) is 0 Å². The fourth-order valence-corrected chi connectivity index (χ4v) is 3.34. The molecular formula is C16H20N2S. The number of aromatic nitrogens is 1. The minimum Gasteiger partial charge on any atom is -0.305 e. The van der Waals surface area contributed by atoms with E-state index in [0.717, 1.165) is 17.2 Å². The molecule has 0 amide bonds. The highest BCUT2D eigenvalue weighted by Crippen LogP contribution is 2.25. The highest BCUT2D eigenvalue weighted by Gasteiger charge is 2.13. The third-order valence-electron chi connectivity index (χ3n) is 3.88. The summed E-state index contributed by atoms with van der Waals surface area (Å²) in [6.45, 7) is 5.14. The molecule has 1 aliphatic carbocycles. The fourth-order valence-electron chi connectivity index (χ4n) is 2.73. The molecule has 1 aromatic heterocycles. The number of thiazole rings is 1. The molecule has 1 aliphatic rings. The van der Waals surface area contributed by atoms with Gasteiger partial charge in [-0.25, -0.2) is 4.98 Å². The summed E-state index contributed by atoms with van der Waals surface area (Å²) in [7, 11) is 0. The maximum absolute atomic E-state index is 4.49. The summed E-state index contributed by atoms with van der Waals surface area (Å²) in [5.74, 6) is 0. The molecule has 1 atom stereocenters. The average Bonchev–Trinajstić information content (AvgIpc) is 3.03. The van der Waals surface area contributed by atoms with Gasteiger partial charge in [-0.1, -0.05) is 18.2 Å². The summed E-state index contributed by atoms with van der Waals surface area (Å²) < 4.78 is 0. The topological polar surface area (TPSA) is 24.9 Å². The van der Waals surface area contributed by atoms with Crippen LogP contribution in [0.5, 0.6) is 0 Å². The standard InChI is InChI=1S/C16H20N2S/c1-11(17-9-16-10-19-12(2)18-16)14-7-6-13-4-3-5-15(13)8-14/h6-8,10-11,17H,3-5,9H2,1-2H3. The van der Waals surface area contributed by atoms with Crippen molar-refractivity contribution in [1.29, 1.82) is 0 Å². The second-order valence-corrected chi connectivity index (χ2v) is 6.40. The molecule has 0 saturated heterocycles. The Labute approximate surface area is 118 Å². The number of aryl methyl sites for hydroxylation is 3. The number of nitrogens with one attached hydrogen (secondary N) is 1. The van der Waals surface area contributed by atoms with Gasteiger partial charge in [0.2, 0.25) is 0 Å². The molecule has 2 nitrogen and oxygen atoms in total. The Bertz CT molecular complexity index is 574. The molecule has 3 heteroatoms. The molecule has 0 bridgehead atoms. The zero-order valence-corrected chi connectivity index (χ0v) is 12.4. The minimum atomic E-state index is 0.382. The van der Waals surface area contributed by atoms with Gasteiger partial charge in [0.1, 0.15) is 0 Å². The molecule has 1 unspecified atom stereocenters. The summed E-state index contributed by atoms with van der Waals surface area (Å²) in [6, 6.07) is 7.34. The lowest BCUT2D eigenvalue weighted by Gasteiger charge is -2.14. The van der Waals surface area contributed by atoms with Gasteiger partial charge in [0.25, 0.3) is 0 Å². The summed E-state index contributed by atoms with van der Waals surface area (Å²) in [5.41, 5.74) is 5.64. The fraction of sp³-hybridized carbons (Fsp3) is 0.438. The molecule has 1 aromatic carbocycles. The molecule has 3 rings (SSSR count). The molecular weight excluding hydrogens is 252 g/mol. The predicted octanol–water partition coefficient (Wildman–Crippen LogP) is 3.79. The third-order valence-corrected chi connectivity index (χ3v) is 4.70. The van der Waals surface area contributed by atoms with E-state index < -0.39 is 0 Å². The van der Waals surface area contributed by atoms with Gasteiger partial charge in [-0.3, -0.25) is 0 Å². The molecule has 0 fully saturated rings. The van der Waals surface area contributed by atoms with E-state index in [1.807, 2.05) is 0 Å². The number of benzene rings is 1. The van der Waals surface area contributed by atoms with Crippen LogP contribution in [0.3, 0.4) is 0 Å². The minimum absolute atomic E-state index is 0.382. The van der Waals surface area contributed by atoms with Crippen LogP contribution in [0.4, 0.5) is 0 Å². The van der Waals surface area contributed by atoms with Crippen LogP contribution in [0, 0.1) is 6.92 Å². The van der Waals surface area contributed by atoms with Gasteiger partial charge in [-0.2, -0.15) is 0 Å². The highest BCUT2D eigenvalue weighted by molar-refractivity contribution is 7.09. The monoisotopic (exact) mass is 272 g/mol. The Hall–Kier alpha value is -1.19. The smallest absolute Gasteiger partial charge is 0.0897 e. The van der Waals surface area contributed by atoms with Crippen LogP contribution in [-0.4, -0.2) is 4.98 Å². The first-order chi connectivity index (χ1) is 9.22. The van der Waals surface area contributed by atoms with Crippen molar-refractivity contribution in [2.75, 3.05) is 0 Å². The average molecular weight is 272 g/mol. The predicted molar refractivity (Wildman–Crippen MR) is 80.6 cm³/mol. The Morgan fingerprint density at radius 3 is 2.95 bits per heavy atom. The Morgan fingerprint density at radius 2 is 2.16 bits per heavy atom. The van der Waals surface area contributed by atoms with Crippen LogP contribution in [0.15, 0.2) is 23.6 Å². The number of hydrogen-bond donors (Lipinski definition) is 1. The van der Waals surface area contributed by atoms with Crippen molar-refractivity contribution in [3.8, 4) is 0 Å². The van der Waals surface area contributed by atoms with Crippen LogP contribution in [-0.2, 0) is 19.4 Å². The van der Waals surface area contributed by atoms with E-state index in [0.29, 0.717) is 6.04 Å². The van der Waals surface area contributed by atoms with Crippen LogP contribution in [0.1, 0.15) is 46.8 Å². The van der Waals surface area contributed by atoms with Crippen molar-refractivity contribution in [3.63, 3.8) is 0 Å². The lowest BCUT2D eigenvalue weighted by molar-refractivity contribution is 0.568. The summed E-state index contributed by atoms with van der Waals surface area (Å²) in [4.78, 5) is 4.49. The van der Waals surface area contributed by atoms with Crippen LogP contribution in [0.25, 0.3) is 0 Å². The van der Waals surface area contributed by atoms with Crippen molar-refractivity contribution in [2.24, 2.45) is 0 Å². The highest BCUT2D eigenvalue weighted by atomic mass is 32.1. The first kappa shape index (κ1) is 12.8. The lowest BCUT2D eigenvalue weighted by atomic mass is 10.0. The van der Waals surface area contributed by atoms with E-state index in [9.17, 15) is 0 Å². The van der Waals surface area contributed by atoms with Gasteiger partial charge >= 0.3 is 0 Å². The largest absolute Gasteiger partial charge is 0.305 e. The van der Waals surface area contributed by atoms with Crippen molar-refractivity contribution >= 4 is 11.3 Å². The molecule has 0 saturated carbocycles. The number of hydrogen-bond acceptors (Lipinski definition) is 3. The first-order valence-electron chi connectivity index (χ1n) is 6.98. The quantitative estimate of drug-likeness (QED) is 0.916. The van der Waals surface area contributed by atoms with Crippen molar-refractivity contribution < 1.29 is 0 Å². The van der Waals surface area contributed by atoms with Gasteiger partial charge in [-0.15, -0.1) is 11.3 Å². The van der Waals surface area contributed by atoms with Crippen LogP contribution in [0.2, 0.25) is 0 Å². The normalized spacial score (nSPS) is 15.5. The Balaban J connectivity index is 1.65. The van der Waals surface area contributed by atoms with E-state index >= 15 is 0 Å². The third kappa shape index (κ3) is 2.88. The van der Waals surface area contributed by atoms with Crippen LogP contribution >= 0.6 is 11.3 Å². The number of fused-ring (bicyclic) bond motifs is 1. The summed E-state index contributed by atoms with van der Waals surface area (Å²) in [5, 5.41) is 6.84.